The smallest absolute Gasteiger partial charge is 0.269 e. The predicted molar refractivity (Wildman–Crippen MR) is 128 cm³/mol. The number of benzene rings is 2. The normalized spacial score (nSPS) is 13.7. The molecular weight excluding hydrogens is 508 g/mol. The molecule has 0 atom stereocenters. The molecule has 6 nitrogen and oxygen atoms in total. The number of hydrogen-bond donors (Lipinski definition) is 1. The molecule has 178 valence electrons. The molecule has 1 N–H and O–H groups in total. The maximum absolute atomic E-state index is 13.9. The maximum Gasteiger partial charge on any atom is 0.269 e. The second kappa shape index (κ2) is 10.5. The second-order valence-corrected chi connectivity index (χ2v) is 8.91. The van der Waals surface area contributed by atoms with Gasteiger partial charge in [0.2, 0.25) is 0 Å². The highest BCUT2D eigenvalue weighted by Gasteiger charge is 2.18. The number of carbonyl (C=O) groups excluding carboxylic acids is 1. The summed E-state index contributed by atoms with van der Waals surface area (Å²) >= 11 is 3.29. The van der Waals surface area contributed by atoms with Crippen molar-refractivity contribution in [2.24, 2.45) is 0 Å². The first-order valence-corrected chi connectivity index (χ1v) is 11.7. The molecule has 1 amide bonds. The van der Waals surface area contributed by atoms with E-state index in [1.54, 1.807) is 29.7 Å². The van der Waals surface area contributed by atoms with Crippen molar-refractivity contribution >= 4 is 21.8 Å². The summed E-state index contributed by atoms with van der Waals surface area (Å²) in [6, 6.07) is 12.2. The third-order valence-corrected chi connectivity index (χ3v) is 6.49. The van der Waals surface area contributed by atoms with Gasteiger partial charge in [0.1, 0.15) is 28.5 Å². The van der Waals surface area contributed by atoms with Crippen molar-refractivity contribution in [1.82, 2.24) is 14.8 Å². The highest BCUT2D eigenvalue weighted by Crippen LogP contribution is 2.24. The lowest BCUT2D eigenvalue weighted by Crippen LogP contribution is -2.46. The zero-order chi connectivity index (χ0) is 24.2. The molecule has 2 heterocycles. The van der Waals surface area contributed by atoms with Crippen LogP contribution >= 0.6 is 15.9 Å². The minimum atomic E-state index is -0.708. The summed E-state index contributed by atoms with van der Waals surface area (Å²) in [6.45, 7) is 4.91. The molecule has 3 aromatic rings. The van der Waals surface area contributed by atoms with Crippen LogP contribution in [-0.2, 0) is 13.2 Å². The van der Waals surface area contributed by atoms with Gasteiger partial charge >= 0.3 is 0 Å². The fourth-order valence-electron chi connectivity index (χ4n) is 3.80. The monoisotopic (exact) mass is 531 g/mol. The number of piperazine rings is 1. The fraction of sp³-hybridized carbons (Fsp3) is 0.280. The number of hydrogen-bond acceptors (Lipinski definition) is 4. The number of nitrogens with zero attached hydrogens (tertiary/aromatic N) is 2. The van der Waals surface area contributed by atoms with Crippen LogP contribution in [0.5, 0.6) is 5.75 Å². The molecule has 1 fully saturated rings. The van der Waals surface area contributed by atoms with Crippen molar-refractivity contribution in [1.29, 1.82) is 0 Å². The van der Waals surface area contributed by atoms with Gasteiger partial charge in [-0.15, -0.1) is 0 Å². The molecule has 1 aromatic heterocycles. The van der Waals surface area contributed by atoms with Crippen LogP contribution in [0.15, 0.2) is 57.8 Å². The zero-order valence-corrected chi connectivity index (χ0v) is 20.2. The molecule has 1 aliphatic heterocycles. The van der Waals surface area contributed by atoms with Gasteiger partial charge in [0, 0.05) is 55.1 Å². The summed E-state index contributed by atoms with van der Waals surface area (Å²) in [5, 5.41) is 3.23. The van der Waals surface area contributed by atoms with Gasteiger partial charge in [0.05, 0.1) is 6.54 Å². The van der Waals surface area contributed by atoms with E-state index in [0.717, 1.165) is 30.8 Å². The van der Waals surface area contributed by atoms with Crippen LogP contribution in [0.3, 0.4) is 0 Å². The van der Waals surface area contributed by atoms with Crippen LogP contribution < -0.4 is 15.6 Å². The predicted octanol–water partition coefficient (Wildman–Crippen LogP) is 3.87. The number of amides is 1. The molecule has 0 bridgehead atoms. The zero-order valence-electron chi connectivity index (χ0n) is 18.6. The topological polar surface area (TPSA) is 63.6 Å². The molecule has 0 aliphatic carbocycles. The largest absolute Gasteiger partial charge is 0.487 e. The van der Waals surface area contributed by atoms with Gasteiger partial charge in [0.25, 0.3) is 11.5 Å². The number of nitrogens with one attached hydrogen (secondary N) is 1. The molecule has 1 saturated heterocycles. The standard InChI is InChI=1S/C25H24BrF2N3O3/c1-16-12-22(34-15-19-6-7-20(27)13-21(19)28)23(26)25(33)31(16)14-17-2-4-18(5-3-17)24(32)30-10-8-29-9-11-30/h2-7,12-13,29H,8-11,14-15H2,1H3. The lowest BCUT2D eigenvalue weighted by atomic mass is 10.1. The SMILES string of the molecule is Cc1cc(OCc2ccc(F)cc2F)c(Br)c(=O)n1Cc1ccc(C(=O)N2CCNCC2)cc1. The Kier molecular flexibility index (Phi) is 7.43. The summed E-state index contributed by atoms with van der Waals surface area (Å²) in [4.78, 5) is 27.4. The van der Waals surface area contributed by atoms with Crippen LogP contribution in [0.25, 0.3) is 0 Å². The first-order valence-electron chi connectivity index (χ1n) is 10.9. The van der Waals surface area contributed by atoms with Crippen LogP contribution in [0.2, 0.25) is 0 Å². The van der Waals surface area contributed by atoms with Crippen LogP contribution in [-0.4, -0.2) is 41.6 Å². The van der Waals surface area contributed by atoms with Gasteiger partial charge < -0.3 is 19.5 Å². The highest BCUT2D eigenvalue weighted by atomic mass is 79.9. The van der Waals surface area contributed by atoms with E-state index in [1.165, 1.54) is 6.07 Å². The summed E-state index contributed by atoms with van der Waals surface area (Å²) in [6.07, 6.45) is 0. The Bertz CT molecular complexity index is 1260. The van der Waals surface area contributed by atoms with Gasteiger partial charge in [-0.2, -0.15) is 0 Å². The van der Waals surface area contributed by atoms with E-state index >= 15 is 0 Å². The molecule has 0 unspecified atom stereocenters. The Morgan fingerprint density at radius 1 is 1.09 bits per heavy atom. The number of aryl methyl sites for hydroxylation is 1. The van der Waals surface area contributed by atoms with Gasteiger partial charge in [-0.3, -0.25) is 9.59 Å². The van der Waals surface area contributed by atoms with E-state index in [-0.39, 0.29) is 33.9 Å². The van der Waals surface area contributed by atoms with Crippen molar-refractivity contribution in [3.05, 3.63) is 97.4 Å². The molecule has 1 aliphatic rings. The molecule has 4 rings (SSSR count). The van der Waals surface area contributed by atoms with E-state index in [2.05, 4.69) is 21.2 Å². The number of halogens is 3. The van der Waals surface area contributed by atoms with Crippen molar-refractivity contribution in [3.8, 4) is 5.75 Å². The van der Waals surface area contributed by atoms with Crippen molar-refractivity contribution in [3.63, 3.8) is 0 Å². The van der Waals surface area contributed by atoms with Crippen molar-refractivity contribution < 1.29 is 18.3 Å². The van der Waals surface area contributed by atoms with E-state index in [4.69, 9.17) is 4.74 Å². The first kappa shape index (κ1) is 24.1. The maximum atomic E-state index is 13.9. The Hall–Kier alpha value is -3.04. The van der Waals surface area contributed by atoms with Crippen molar-refractivity contribution in [2.45, 2.75) is 20.1 Å². The number of ether oxygens (including phenoxy) is 1. The van der Waals surface area contributed by atoms with Crippen LogP contribution in [0, 0.1) is 18.6 Å². The van der Waals surface area contributed by atoms with Crippen LogP contribution in [0.1, 0.15) is 27.2 Å². The number of carbonyl (C=O) groups is 1. The minimum Gasteiger partial charge on any atom is -0.487 e. The summed E-state index contributed by atoms with van der Waals surface area (Å²) in [5.74, 6) is -1.09. The Balaban J connectivity index is 1.47. The molecule has 34 heavy (non-hydrogen) atoms. The van der Waals surface area contributed by atoms with Crippen LogP contribution in [0.4, 0.5) is 8.78 Å². The van der Waals surface area contributed by atoms with Gasteiger partial charge in [-0.05, 0) is 52.7 Å². The average molecular weight is 532 g/mol. The second-order valence-electron chi connectivity index (χ2n) is 8.12. The first-order chi connectivity index (χ1) is 16.3. The van der Waals surface area contributed by atoms with E-state index in [1.807, 2.05) is 17.0 Å². The number of aromatic nitrogens is 1. The van der Waals surface area contributed by atoms with E-state index in [9.17, 15) is 18.4 Å². The Labute approximate surface area is 204 Å². The van der Waals surface area contributed by atoms with Crippen molar-refractivity contribution in [2.75, 3.05) is 26.2 Å². The molecule has 0 saturated carbocycles. The summed E-state index contributed by atoms with van der Waals surface area (Å²) in [5.41, 5.74) is 2.04. The van der Waals surface area contributed by atoms with Gasteiger partial charge in [-0.1, -0.05) is 12.1 Å². The highest BCUT2D eigenvalue weighted by molar-refractivity contribution is 9.10. The third-order valence-electron chi connectivity index (χ3n) is 5.76. The Morgan fingerprint density at radius 3 is 2.47 bits per heavy atom. The molecule has 0 radical (unpaired) electrons. The Morgan fingerprint density at radius 2 is 1.79 bits per heavy atom. The summed E-state index contributed by atoms with van der Waals surface area (Å²) in [7, 11) is 0. The molecular formula is C25H24BrF2N3O3. The van der Waals surface area contributed by atoms with E-state index in [0.29, 0.717) is 30.9 Å². The minimum absolute atomic E-state index is 0.00300. The quantitative estimate of drug-likeness (QED) is 0.524. The van der Waals surface area contributed by atoms with E-state index < -0.39 is 11.6 Å². The lowest BCUT2D eigenvalue weighted by Gasteiger charge is -2.27. The fourth-order valence-corrected chi connectivity index (χ4v) is 4.24. The molecule has 2 aromatic carbocycles. The third kappa shape index (κ3) is 5.37. The van der Waals surface area contributed by atoms with Gasteiger partial charge in [-0.25, -0.2) is 8.78 Å². The number of pyridine rings is 1. The average Bonchev–Trinajstić information content (AvgIpc) is 2.84. The summed E-state index contributed by atoms with van der Waals surface area (Å²) < 4.78 is 34.4. The number of rotatable bonds is 6. The molecule has 0 spiro atoms. The molecule has 9 heteroatoms. The lowest BCUT2D eigenvalue weighted by molar-refractivity contribution is 0.0736. The van der Waals surface area contributed by atoms with Gasteiger partial charge in [0.15, 0.2) is 0 Å².